The van der Waals surface area contributed by atoms with Gasteiger partial charge < -0.3 is 0 Å². The highest BCUT2D eigenvalue weighted by Crippen LogP contribution is 2.47. The van der Waals surface area contributed by atoms with Gasteiger partial charge in [-0.05, 0) is 21.9 Å². The molecular formula is C20H16O. The van der Waals surface area contributed by atoms with E-state index in [9.17, 15) is 4.79 Å². The quantitative estimate of drug-likeness (QED) is 0.672. The third-order valence-corrected chi connectivity index (χ3v) is 4.63. The van der Waals surface area contributed by atoms with Crippen molar-refractivity contribution in [3.8, 4) is 0 Å². The van der Waals surface area contributed by atoms with Crippen molar-refractivity contribution in [2.75, 3.05) is 0 Å². The number of carbonyl (C=O) groups excluding carboxylic acids is 1. The van der Waals surface area contributed by atoms with Crippen LogP contribution in [0.5, 0.6) is 0 Å². The van der Waals surface area contributed by atoms with E-state index in [4.69, 9.17) is 0 Å². The van der Waals surface area contributed by atoms with Gasteiger partial charge in [0.15, 0.2) is 0 Å². The Balaban J connectivity index is 1.89. The van der Waals surface area contributed by atoms with Gasteiger partial charge in [0, 0.05) is 18.3 Å². The van der Waals surface area contributed by atoms with E-state index in [1.807, 2.05) is 6.07 Å². The van der Waals surface area contributed by atoms with Gasteiger partial charge in [-0.15, -0.1) is 0 Å². The van der Waals surface area contributed by atoms with E-state index < -0.39 is 0 Å². The van der Waals surface area contributed by atoms with Gasteiger partial charge in [-0.3, -0.25) is 4.79 Å². The highest BCUT2D eigenvalue weighted by atomic mass is 16.1. The molecule has 1 heteroatoms. The van der Waals surface area contributed by atoms with Crippen LogP contribution in [0.15, 0.2) is 72.8 Å². The normalized spacial score (nSPS) is 16.7. The maximum atomic E-state index is 11.7. The number of carbonyl (C=O) groups is 1. The molecule has 4 rings (SSSR count). The van der Waals surface area contributed by atoms with Crippen molar-refractivity contribution >= 4 is 16.6 Å². The lowest BCUT2D eigenvalue weighted by atomic mass is 9.60. The number of benzene rings is 3. The lowest BCUT2D eigenvalue weighted by Crippen LogP contribution is -2.42. The van der Waals surface area contributed by atoms with E-state index in [1.165, 1.54) is 21.9 Å². The summed E-state index contributed by atoms with van der Waals surface area (Å²) in [6, 6.07) is 25.4. The Bertz CT molecular complexity index is 809. The van der Waals surface area contributed by atoms with E-state index in [-0.39, 0.29) is 5.41 Å². The van der Waals surface area contributed by atoms with E-state index in [1.54, 1.807) is 0 Å². The van der Waals surface area contributed by atoms with Crippen LogP contribution in [0.1, 0.15) is 24.0 Å². The Morgan fingerprint density at radius 3 is 2.05 bits per heavy atom. The van der Waals surface area contributed by atoms with Gasteiger partial charge in [0.2, 0.25) is 0 Å². The van der Waals surface area contributed by atoms with Gasteiger partial charge in [0.25, 0.3) is 0 Å². The fraction of sp³-hybridized carbons (Fsp3) is 0.150. The molecule has 1 saturated carbocycles. The fourth-order valence-corrected chi connectivity index (χ4v) is 3.44. The lowest BCUT2D eigenvalue weighted by molar-refractivity contribution is -0.127. The molecule has 0 radical (unpaired) electrons. The molecule has 1 nitrogen and oxygen atoms in total. The van der Waals surface area contributed by atoms with Gasteiger partial charge in [-0.1, -0.05) is 72.8 Å². The second-order valence-electron chi connectivity index (χ2n) is 5.90. The first-order valence-corrected chi connectivity index (χ1v) is 7.34. The van der Waals surface area contributed by atoms with Crippen molar-refractivity contribution < 1.29 is 4.79 Å². The van der Waals surface area contributed by atoms with E-state index in [0.717, 1.165) is 0 Å². The molecule has 3 aromatic rings. The minimum atomic E-state index is -0.123. The minimum absolute atomic E-state index is 0.123. The third kappa shape index (κ3) is 1.89. The van der Waals surface area contributed by atoms with Crippen LogP contribution in [-0.4, -0.2) is 5.78 Å². The SMILES string of the molecule is O=C1CC(c2ccccc2)(c2ccc3ccccc3c2)C1. The molecule has 1 fully saturated rings. The van der Waals surface area contributed by atoms with Crippen LogP contribution in [0.25, 0.3) is 10.8 Å². The summed E-state index contributed by atoms with van der Waals surface area (Å²) in [6.07, 6.45) is 1.24. The first kappa shape index (κ1) is 12.3. The molecule has 1 aliphatic rings. The zero-order chi connectivity index (χ0) is 14.3. The van der Waals surface area contributed by atoms with Crippen molar-refractivity contribution in [3.63, 3.8) is 0 Å². The Labute approximate surface area is 124 Å². The van der Waals surface area contributed by atoms with Crippen LogP contribution < -0.4 is 0 Å². The zero-order valence-corrected chi connectivity index (χ0v) is 11.8. The van der Waals surface area contributed by atoms with Gasteiger partial charge >= 0.3 is 0 Å². The fourth-order valence-electron chi connectivity index (χ4n) is 3.44. The summed E-state index contributed by atoms with van der Waals surface area (Å²) in [4.78, 5) is 11.7. The molecule has 0 spiro atoms. The monoisotopic (exact) mass is 272 g/mol. The first-order valence-electron chi connectivity index (χ1n) is 7.34. The topological polar surface area (TPSA) is 17.1 Å². The minimum Gasteiger partial charge on any atom is -0.300 e. The van der Waals surface area contributed by atoms with Gasteiger partial charge in [0.05, 0.1) is 0 Å². The Morgan fingerprint density at radius 2 is 1.33 bits per heavy atom. The summed E-state index contributed by atoms with van der Waals surface area (Å²) in [5.74, 6) is 0.354. The summed E-state index contributed by atoms with van der Waals surface area (Å²) in [5, 5.41) is 2.49. The molecule has 102 valence electrons. The van der Waals surface area contributed by atoms with Crippen molar-refractivity contribution in [2.24, 2.45) is 0 Å². The number of Topliss-reactive ketones (excluding diaryl/α,β-unsaturated/α-hetero) is 1. The number of fused-ring (bicyclic) bond motifs is 1. The average Bonchev–Trinajstić information content (AvgIpc) is 2.52. The molecule has 0 heterocycles. The number of hydrogen-bond donors (Lipinski definition) is 0. The Kier molecular flexibility index (Phi) is 2.68. The van der Waals surface area contributed by atoms with Crippen molar-refractivity contribution in [2.45, 2.75) is 18.3 Å². The largest absolute Gasteiger partial charge is 0.300 e. The van der Waals surface area contributed by atoms with E-state index in [0.29, 0.717) is 18.6 Å². The van der Waals surface area contributed by atoms with Crippen molar-refractivity contribution in [3.05, 3.63) is 83.9 Å². The van der Waals surface area contributed by atoms with E-state index in [2.05, 4.69) is 66.7 Å². The van der Waals surface area contributed by atoms with Gasteiger partial charge in [-0.25, -0.2) is 0 Å². The van der Waals surface area contributed by atoms with Crippen molar-refractivity contribution in [1.82, 2.24) is 0 Å². The highest BCUT2D eigenvalue weighted by Gasteiger charge is 2.46. The zero-order valence-electron chi connectivity index (χ0n) is 11.8. The summed E-state index contributed by atoms with van der Waals surface area (Å²) in [5.41, 5.74) is 2.38. The van der Waals surface area contributed by atoms with Crippen LogP contribution in [0, 0.1) is 0 Å². The predicted molar refractivity (Wildman–Crippen MR) is 85.4 cm³/mol. The van der Waals surface area contributed by atoms with Crippen LogP contribution in [-0.2, 0) is 10.2 Å². The van der Waals surface area contributed by atoms with Crippen LogP contribution in [0.4, 0.5) is 0 Å². The molecule has 0 saturated heterocycles. The molecule has 0 aromatic heterocycles. The van der Waals surface area contributed by atoms with Crippen LogP contribution in [0.3, 0.4) is 0 Å². The average molecular weight is 272 g/mol. The Hall–Kier alpha value is -2.41. The summed E-state index contributed by atoms with van der Waals surface area (Å²) in [7, 11) is 0. The maximum Gasteiger partial charge on any atom is 0.135 e. The molecule has 21 heavy (non-hydrogen) atoms. The van der Waals surface area contributed by atoms with Gasteiger partial charge in [0.1, 0.15) is 5.78 Å². The number of ketones is 1. The molecule has 0 amide bonds. The summed E-state index contributed by atoms with van der Waals surface area (Å²) >= 11 is 0. The molecule has 0 aliphatic heterocycles. The molecule has 3 aromatic carbocycles. The molecule has 0 atom stereocenters. The van der Waals surface area contributed by atoms with Crippen LogP contribution >= 0.6 is 0 Å². The highest BCUT2D eigenvalue weighted by molar-refractivity contribution is 5.92. The van der Waals surface area contributed by atoms with Crippen molar-refractivity contribution in [1.29, 1.82) is 0 Å². The standard InChI is InChI=1S/C20H16O/c21-19-13-20(14-19,17-8-2-1-3-9-17)18-11-10-15-6-4-5-7-16(15)12-18/h1-12H,13-14H2. The lowest BCUT2D eigenvalue weighted by Gasteiger charge is -2.41. The smallest absolute Gasteiger partial charge is 0.135 e. The second kappa shape index (κ2) is 4.56. The summed E-state index contributed by atoms with van der Waals surface area (Å²) < 4.78 is 0. The van der Waals surface area contributed by atoms with Crippen LogP contribution in [0.2, 0.25) is 0 Å². The third-order valence-electron chi connectivity index (χ3n) is 4.63. The summed E-state index contributed by atoms with van der Waals surface area (Å²) in [6.45, 7) is 0. The maximum absolute atomic E-state index is 11.7. The predicted octanol–water partition coefficient (Wildman–Crippen LogP) is 4.49. The van der Waals surface area contributed by atoms with E-state index >= 15 is 0 Å². The molecule has 0 N–H and O–H groups in total. The Morgan fingerprint density at radius 1 is 0.667 bits per heavy atom. The molecule has 0 bridgehead atoms. The first-order chi connectivity index (χ1) is 10.3. The number of rotatable bonds is 2. The number of hydrogen-bond acceptors (Lipinski definition) is 1. The molecular weight excluding hydrogens is 256 g/mol. The molecule has 1 aliphatic carbocycles. The second-order valence-corrected chi connectivity index (χ2v) is 5.90. The van der Waals surface area contributed by atoms with Gasteiger partial charge in [-0.2, -0.15) is 0 Å². The molecule has 0 unspecified atom stereocenters.